The van der Waals surface area contributed by atoms with Crippen LogP contribution in [0.5, 0.6) is 0 Å². The summed E-state index contributed by atoms with van der Waals surface area (Å²) in [6, 6.07) is 0.521. The molecule has 3 aromatic heterocycles. The van der Waals surface area contributed by atoms with Gasteiger partial charge in [0, 0.05) is 24.2 Å². The third-order valence-corrected chi connectivity index (χ3v) is 5.97. The van der Waals surface area contributed by atoms with Crippen molar-refractivity contribution in [2.24, 2.45) is 14.1 Å². The monoisotopic (exact) mass is 563 g/mol. The molecule has 3 heterocycles. The minimum atomic E-state index is -5.82. The Morgan fingerprint density at radius 2 is 1.75 bits per heavy atom. The number of hydrogen-bond acceptors (Lipinski definition) is 5. The number of imidazole rings is 2. The maximum absolute atomic E-state index is 13.6. The average Bonchev–Trinajstić information content (AvgIpc) is 3.22. The SMILES string of the molecule is CCS(=O)(=O)c1c(-c2nc3cc(C(F)(F)C(F)(F)F)ncc3n2C)n[c-]n1C.[Cl-].[Cl][Zn+].[Li+]. The fraction of sp³-hybridized carbons (Fsp3) is 0.400. The first-order chi connectivity index (χ1) is 13.8. The van der Waals surface area contributed by atoms with Crippen molar-refractivity contribution in [1.82, 2.24) is 24.1 Å². The van der Waals surface area contributed by atoms with Crippen LogP contribution in [0.3, 0.4) is 0 Å². The molecule has 0 bridgehead atoms. The molecule has 7 nitrogen and oxygen atoms in total. The number of aromatic nitrogens is 5. The summed E-state index contributed by atoms with van der Waals surface area (Å²) < 4.78 is 92.1. The summed E-state index contributed by atoms with van der Waals surface area (Å²) in [5.41, 5.74) is -1.68. The van der Waals surface area contributed by atoms with E-state index in [0.717, 1.165) is 28.1 Å². The molecule has 168 valence electrons. The second-order valence-corrected chi connectivity index (χ2v) is 8.15. The van der Waals surface area contributed by atoms with E-state index < -0.39 is 27.6 Å². The van der Waals surface area contributed by atoms with Crippen LogP contribution in [-0.2, 0) is 47.2 Å². The topological polar surface area (TPSA) is 82.7 Å². The van der Waals surface area contributed by atoms with Crippen molar-refractivity contribution in [2.45, 2.75) is 24.0 Å². The normalized spacial score (nSPS) is 12.0. The van der Waals surface area contributed by atoms with E-state index in [1.165, 1.54) is 25.6 Å². The number of nitrogens with zero attached hydrogens (tertiary/aromatic N) is 5. The molecule has 0 saturated heterocycles. The number of hydrogen-bond donors (Lipinski definition) is 0. The Labute approximate surface area is 212 Å². The molecule has 32 heavy (non-hydrogen) atoms. The van der Waals surface area contributed by atoms with Crippen molar-refractivity contribution >= 4 is 30.6 Å². The molecule has 0 radical (unpaired) electrons. The molecule has 0 atom stereocenters. The number of halogens is 7. The van der Waals surface area contributed by atoms with Crippen molar-refractivity contribution in [3.8, 4) is 11.5 Å². The Morgan fingerprint density at radius 3 is 2.25 bits per heavy atom. The predicted molar refractivity (Wildman–Crippen MR) is 93.1 cm³/mol. The van der Waals surface area contributed by atoms with Crippen molar-refractivity contribution in [2.75, 3.05) is 5.75 Å². The molecular formula is C15H13Cl2F5LiN5O2SZn. The second kappa shape index (κ2) is 11.1. The summed E-state index contributed by atoms with van der Waals surface area (Å²) >= 11 is 0.847. The molecule has 0 aromatic carbocycles. The first-order valence-electron chi connectivity index (χ1n) is 8.03. The van der Waals surface area contributed by atoms with Crippen molar-refractivity contribution in [3.63, 3.8) is 0 Å². The first kappa shape index (κ1) is 31.2. The zero-order valence-corrected chi connectivity index (χ0v) is 22.5. The standard InChI is InChI=1S/C15H13F5N5O2S.2ClH.Li.Zn/c1-4-28(26,27)13-11(22-7-24(13)2)12-23-8-5-10(14(16,17)15(18,19)20)21-6-9(8)25(12)3;;;;/h5-6H,4H2,1-3H3;2*1H;;/q-1;;;+1;+2/p-2. The fourth-order valence-electron chi connectivity index (χ4n) is 2.63. The van der Waals surface area contributed by atoms with E-state index in [2.05, 4.69) is 21.3 Å². The van der Waals surface area contributed by atoms with Crippen LogP contribution in [0.1, 0.15) is 12.6 Å². The van der Waals surface area contributed by atoms with E-state index >= 15 is 0 Å². The molecule has 0 spiro atoms. The van der Waals surface area contributed by atoms with Crippen LogP contribution in [-0.4, -0.2) is 44.4 Å². The van der Waals surface area contributed by atoms with Crippen LogP contribution in [0.2, 0.25) is 0 Å². The van der Waals surface area contributed by atoms with Crippen molar-refractivity contribution < 1.29 is 78.9 Å². The van der Waals surface area contributed by atoms with Crippen LogP contribution >= 0.6 is 9.69 Å². The number of alkyl halides is 5. The van der Waals surface area contributed by atoms with Gasteiger partial charge in [-0.1, -0.05) is 6.92 Å². The van der Waals surface area contributed by atoms with Gasteiger partial charge in [0.1, 0.15) is 15.5 Å². The third kappa shape index (κ3) is 5.47. The van der Waals surface area contributed by atoms with Crippen LogP contribution < -0.4 is 31.3 Å². The van der Waals surface area contributed by atoms with Crippen molar-refractivity contribution in [3.05, 3.63) is 24.3 Å². The molecule has 3 rings (SSSR count). The van der Waals surface area contributed by atoms with Gasteiger partial charge in [-0.05, 0) is 18.8 Å². The molecule has 0 amide bonds. The van der Waals surface area contributed by atoms with E-state index in [1.807, 2.05) is 0 Å². The summed E-state index contributed by atoms with van der Waals surface area (Å²) in [7, 11) is 3.87. The number of rotatable bonds is 4. The molecule has 0 fully saturated rings. The minimum Gasteiger partial charge on any atom is 1.00 e. The first-order valence-corrected chi connectivity index (χ1v) is 13.6. The molecule has 0 N–H and O–H groups in total. The molecule has 0 saturated carbocycles. The molecule has 0 aliphatic heterocycles. The van der Waals surface area contributed by atoms with E-state index in [0.29, 0.717) is 6.07 Å². The van der Waals surface area contributed by atoms with Gasteiger partial charge in [-0.15, -0.1) is 0 Å². The van der Waals surface area contributed by atoms with Gasteiger partial charge >= 0.3 is 58.0 Å². The van der Waals surface area contributed by atoms with E-state index in [1.54, 1.807) is 0 Å². The van der Waals surface area contributed by atoms with Gasteiger partial charge in [0.2, 0.25) is 0 Å². The molecule has 0 aliphatic carbocycles. The van der Waals surface area contributed by atoms with Crippen LogP contribution in [0.15, 0.2) is 17.3 Å². The van der Waals surface area contributed by atoms with Gasteiger partial charge in [-0.25, -0.2) is 13.4 Å². The van der Waals surface area contributed by atoms with Crippen LogP contribution in [0.4, 0.5) is 22.0 Å². The second-order valence-electron chi connectivity index (χ2n) is 5.95. The molecule has 3 aromatic rings. The maximum atomic E-state index is 13.6. The largest absolute Gasteiger partial charge is 1.00 e. The Hall–Kier alpha value is -0.769. The van der Waals surface area contributed by atoms with E-state index in [4.69, 9.17) is 9.69 Å². The molecule has 17 heteroatoms. The number of fused-ring (bicyclic) bond motifs is 1. The number of pyridine rings is 1. The third-order valence-electron chi connectivity index (χ3n) is 4.15. The molecule has 0 unspecified atom stereocenters. The minimum absolute atomic E-state index is 0. The average molecular weight is 566 g/mol. The van der Waals surface area contributed by atoms with Gasteiger partial charge in [-0.3, -0.25) is 4.98 Å². The summed E-state index contributed by atoms with van der Waals surface area (Å²) in [5.74, 6) is -5.43. The van der Waals surface area contributed by atoms with E-state index in [9.17, 15) is 30.4 Å². The quantitative estimate of drug-likeness (QED) is 0.196. The van der Waals surface area contributed by atoms with Crippen LogP contribution in [0.25, 0.3) is 22.6 Å². The summed E-state index contributed by atoms with van der Waals surface area (Å²) in [4.78, 5) is 11.1. The smallest absolute Gasteiger partial charge is 1.00 e. The predicted octanol–water partition coefficient (Wildman–Crippen LogP) is -2.69. The molecule has 0 aliphatic rings. The summed E-state index contributed by atoms with van der Waals surface area (Å²) in [6.07, 6.45) is -2.54. The van der Waals surface area contributed by atoms with Gasteiger partial charge < -0.3 is 26.5 Å². The maximum Gasteiger partial charge on any atom is 1.00 e. The Kier molecular flexibility index (Phi) is 10.8. The van der Waals surface area contributed by atoms with Gasteiger partial charge in [0.25, 0.3) is 0 Å². The fourth-order valence-corrected chi connectivity index (χ4v) is 3.80. The Bertz CT molecular complexity index is 1190. The zero-order valence-electron chi connectivity index (χ0n) is 17.2. The summed E-state index contributed by atoms with van der Waals surface area (Å²) in [5, 5.41) is -0.192. The van der Waals surface area contributed by atoms with E-state index in [-0.39, 0.29) is 64.6 Å². The number of sulfone groups is 1. The van der Waals surface area contributed by atoms with Gasteiger partial charge in [-0.2, -0.15) is 22.0 Å². The molecular weight excluding hydrogens is 552 g/mol. The Morgan fingerprint density at radius 1 is 1.19 bits per heavy atom. The van der Waals surface area contributed by atoms with Crippen molar-refractivity contribution in [1.29, 1.82) is 0 Å². The number of aryl methyl sites for hydroxylation is 2. The van der Waals surface area contributed by atoms with Gasteiger partial charge in [0.05, 0.1) is 23.1 Å². The summed E-state index contributed by atoms with van der Waals surface area (Å²) in [6.45, 7) is 1.43. The van der Waals surface area contributed by atoms with Crippen LogP contribution in [0, 0.1) is 6.33 Å². The van der Waals surface area contributed by atoms with Gasteiger partial charge in [0.15, 0.2) is 0 Å². The Balaban J connectivity index is 0.00000234. The zero-order chi connectivity index (χ0) is 23.1.